The molecule has 3 aliphatic heterocycles. The first-order chi connectivity index (χ1) is 13.0. The van der Waals surface area contributed by atoms with Crippen LogP contribution in [-0.4, -0.2) is 48.1 Å². The lowest BCUT2D eigenvalue weighted by molar-refractivity contribution is -0.130. The Morgan fingerprint density at radius 3 is 2.70 bits per heavy atom. The molecule has 1 N–H and O–H groups in total. The Morgan fingerprint density at radius 2 is 2.00 bits per heavy atom. The number of rotatable bonds is 3. The van der Waals surface area contributed by atoms with Crippen molar-refractivity contribution in [1.29, 1.82) is 0 Å². The van der Waals surface area contributed by atoms with E-state index in [9.17, 15) is 9.59 Å². The van der Waals surface area contributed by atoms with Gasteiger partial charge in [0, 0.05) is 43.8 Å². The Bertz CT molecular complexity index is 727. The third-order valence-corrected chi connectivity index (χ3v) is 6.07. The molecule has 1 spiro atoms. The molecule has 6 heteroatoms. The average Bonchev–Trinajstić information content (AvgIpc) is 3.04. The summed E-state index contributed by atoms with van der Waals surface area (Å²) in [6.45, 7) is 5.85. The minimum Gasteiger partial charge on any atom is -0.487 e. The van der Waals surface area contributed by atoms with Gasteiger partial charge in [-0.25, -0.2) is 0 Å². The van der Waals surface area contributed by atoms with Crippen molar-refractivity contribution in [3.8, 4) is 5.75 Å². The monoisotopic (exact) mass is 372 g/mol. The molecule has 146 valence electrons. The Morgan fingerprint density at radius 1 is 1.26 bits per heavy atom. The number of ether oxygens (including phenoxy) is 2. The molecule has 0 saturated carbocycles. The summed E-state index contributed by atoms with van der Waals surface area (Å²) in [7, 11) is 0. The van der Waals surface area contributed by atoms with E-state index in [1.807, 2.05) is 38.1 Å². The van der Waals surface area contributed by atoms with E-state index in [4.69, 9.17) is 9.47 Å². The standard InChI is InChI=1S/C21H28N2O4/c1-14(2)23-13-15(11-19(23)24)20(25)22-17-12-21(7-9-26-10-8-21)27-18-6-4-3-5-16(17)18/h3-6,14-15,17H,7-13H2,1-2H3,(H,22,25). The van der Waals surface area contributed by atoms with Crippen molar-refractivity contribution >= 4 is 11.8 Å². The predicted molar refractivity (Wildman–Crippen MR) is 100 cm³/mol. The van der Waals surface area contributed by atoms with Crippen molar-refractivity contribution in [2.75, 3.05) is 19.8 Å². The third kappa shape index (κ3) is 3.55. The minimum absolute atomic E-state index is 0.0320. The molecular weight excluding hydrogens is 344 g/mol. The lowest BCUT2D eigenvalue weighted by atomic mass is 9.82. The van der Waals surface area contributed by atoms with E-state index in [1.54, 1.807) is 4.90 Å². The lowest BCUT2D eigenvalue weighted by Gasteiger charge is -2.44. The van der Waals surface area contributed by atoms with E-state index in [1.165, 1.54) is 0 Å². The van der Waals surface area contributed by atoms with Crippen LogP contribution in [0.15, 0.2) is 24.3 Å². The van der Waals surface area contributed by atoms with Crippen LogP contribution in [-0.2, 0) is 14.3 Å². The highest BCUT2D eigenvalue weighted by atomic mass is 16.5. The number of fused-ring (bicyclic) bond motifs is 1. The molecule has 2 atom stereocenters. The molecule has 3 heterocycles. The lowest BCUT2D eigenvalue weighted by Crippen LogP contribution is -2.49. The van der Waals surface area contributed by atoms with Gasteiger partial charge < -0.3 is 19.7 Å². The van der Waals surface area contributed by atoms with E-state index >= 15 is 0 Å². The van der Waals surface area contributed by atoms with E-state index in [2.05, 4.69) is 5.32 Å². The smallest absolute Gasteiger partial charge is 0.225 e. The second-order valence-corrected chi connectivity index (χ2v) is 8.24. The van der Waals surface area contributed by atoms with E-state index in [-0.39, 0.29) is 35.4 Å². The van der Waals surface area contributed by atoms with Crippen LogP contribution in [0.4, 0.5) is 0 Å². The highest BCUT2D eigenvalue weighted by molar-refractivity contribution is 5.89. The fourth-order valence-corrected chi connectivity index (χ4v) is 4.49. The molecule has 2 saturated heterocycles. The first-order valence-electron chi connectivity index (χ1n) is 9.93. The maximum atomic E-state index is 13.0. The number of hydrogen-bond acceptors (Lipinski definition) is 4. The Balaban J connectivity index is 1.52. The number of nitrogens with zero attached hydrogens (tertiary/aromatic N) is 1. The number of para-hydroxylation sites is 1. The van der Waals surface area contributed by atoms with Gasteiger partial charge in [-0.05, 0) is 19.9 Å². The van der Waals surface area contributed by atoms with Crippen LogP contribution < -0.4 is 10.1 Å². The number of hydrogen-bond donors (Lipinski definition) is 1. The number of nitrogens with one attached hydrogen (secondary N) is 1. The molecule has 27 heavy (non-hydrogen) atoms. The van der Waals surface area contributed by atoms with Gasteiger partial charge in [0.2, 0.25) is 11.8 Å². The summed E-state index contributed by atoms with van der Waals surface area (Å²) >= 11 is 0. The van der Waals surface area contributed by atoms with Crippen molar-refractivity contribution in [1.82, 2.24) is 10.2 Å². The Labute approximate surface area is 160 Å². The van der Waals surface area contributed by atoms with Gasteiger partial charge in [-0.1, -0.05) is 18.2 Å². The van der Waals surface area contributed by atoms with Gasteiger partial charge in [0.05, 0.1) is 25.2 Å². The number of carbonyl (C=O) groups excluding carboxylic acids is 2. The minimum atomic E-state index is -0.278. The first kappa shape index (κ1) is 18.3. The molecule has 2 amide bonds. The zero-order valence-corrected chi connectivity index (χ0v) is 16.1. The van der Waals surface area contributed by atoms with Crippen molar-refractivity contribution in [2.45, 2.75) is 57.2 Å². The topological polar surface area (TPSA) is 67.9 Å². The second kappa shape index (κ2) is 7.15. The van der Waals surface area contributed by atoms with Crippen LogP contribution in [0, 0.1) is 5.92 Å². The van der Waals surface area contributed by atoms with E-state index in [0.29, 0.717) is 26.2 Å². The normalized spacial score (nSPS) is 26.8. The van der Waals surface area contributed by atoms with Gasteiger partial charge in [0.1, 0.15) is 11.4 Å². The molecule has 2 fully saturated rings. The maximum absolute atomic E-state index is 13.0. The van der Waals surface area contributed by atoms with Gasteiger partial charge in [-0.3, -0.25) is 9.59 Å². The van der Waals surface area contributed by atoms with Crippen LogP contribution in [0.5, 0.6) is 5.75 Å². The average molecular weight is 372 g/mol. The molecule has 6 nitrogen and oxygen atoms in total. The molecule has 1 aromatic carbocycles. The first-order valence-corrected chi connectivity index (χ1v) is 9.93. The highest BCUT2D eigenvalue weighted by Gasteiger charge is 2.44. The summed E-state index contributed by atoms with van der Waals surface area (Å²) < 4.78 is 11.9. The Hall–Kier alpha value is -2.08. The summed E-state index contributed by atoms with van der Waals surface area (Å²) in [5.41, 5.74) is 0.744. The fourth-order valence-electron chi connectivity index (χ4n) is 4.49. The number of amides is 2. The second-order valence-electron chi connectivity index (χ2n) is 8.24. The summed E-state index contributed by atoms with van der Waals surface area (Å²) in [4.78, 5) is 26.9. The quantitative estimate of drug-likeness (QED) is 0.885. The largest absolute Gasteiger partial charge is 0.487 e. The fraction of sp³-hybridized carbons (Fsp3) is 0.619. The molecule has 2 unspecified atom stereocenters. The number of likely N-dealkylation sites (tertiary alicyclic amines) is 1. The zero-order valence-electron chi connectivity index (χ0n) is 16.1. The number of benzene rings is 1. The summed E-state index contributed by atoms with van der Waals surface area (Å²) in [6, 6.07) is 7.97. The molecule has 1 aromatic rings. The van der Waals surface area contributed by atoms with Crippen LogP contribution in [0.1, 0.15) is 51.1 Å². The van der Waals surface area contributed by atoms with Gasteiger partial charge in [0.15, 0.2) is 0 Å². The summed E-state index contributed by atoms with van der Waals surface area (Å²) in [5, 5.41) is 3.23. The van der Waals surface area contributed by atoms with Gasteiger partial charge in [-0.15, -0.1) is 0 Å². The van der Waals surface area contributed by atoms with Crippen molar-refractivity contribution in [3.63, 3.8) is 0 Å². The third-order valence-electron chi connectivity index (χ3n) is 6.07. The maximum Gasteiger partial charge on any atom is 0.225 e. The molecular formula is C21H28N2O4. The Kier molecular flexibility index (Phi) is 4.84. The number of carbonyl (C=O) groups is 2. The molecule has 0 aliphatic carbocycles. The van der Waals surface area contributed by atoms with E-state index < -0.39 is 0 Å². The van der Waals surface area contributed by atoms with Gasteiger partial charge >= 0.3 is 0 Å². The van der Waals surface area contributed by atoms with Gasteiger partial charge in [0.25, 0.3) is 0 Å². The molecule has 0 radical (unpaired) electrons. The molecule has 4 rings (SSSR count). The summed E-state index contributed by atoms with van der Waals surface area (Å²) in [6.07, 6.45) is 2.70. The van der Waals surface area contributed by atoms with Crippen LogP contribution >= 0.6 is 0 Å². The van der Waals surface area contributed by atoms with Gasteiger partial charge in [-0.2, -0.15) is 0 Å². The SMILES string of the molecule is CC(C)N1CC(C(=O)NC2CC3(CCOCC3)Oc3ccccc32)CC1=O. The van der Waals surface area contributed by atoms with E-state index in [0.717, 1.165) is 30.6 Å². The zero-order chi connectivity index (χ0) is 19.0. The van der Waals surface area contributed by atoms with Crippen molar-refractivity contribution in [2.24, 2.45) is 5.92 Å². The van der Waals surface area contributed by atoms with Crippen molar-refractivity contribution in [3.05, 3.63) is 29.8 Å². The van der Waals surface area contributed by atoms with Crippen LogP contribution in [0.3, 0.4) is 0 Å². The molecule has 0 aromatic heterocycles. The van der Waals surface area contributed by atoms with Crippen molar-refractivity contribution < 1.29 is 19.1 Å². The van der Waals surface area contributed by atoms with Crippen LogP contribution in [0.2, 0.25) is 0 Å². The summed E-state index contributed by atoms with van der Waals surface area (Å²) in [5.74, 6) is 0.608. The molecule has 0 bridgehead atoms. The predicted octanol–water partition coefficient (Wildman–Crippen LogP) is 2.43. The highest BCUT2D eigenvalue weighted by Crippen LogP contribution is 2.44. The van der Waals surface area contributed by atoms with Crippen LogP contribution in [0.25, 0.3) is 0 Å². The molecule has 3 aliphatic rings.